The van der Waals surface area contributed by atoms with E-state index in [4.69, 9.17) is 5.11 Å². The lowest BCUT2D eigenvalue weighted by Gasteiger charge is -2.15. The number of carbonyl (C=O) groups is 1. The zero-order valence-electron chi connectivity index (χ0n) is 6.62. The summed E-state index contributed by atoms with van der Waals surface area (Å²) in [6.07, 6.45) is 5.27. The van der Waals surface area contributed by atoms with Gasteiger partial charge in [-0.05, 0) is 10.6 Å². The minimum Gasteiger partial charge on any atom is -0.478 e. The minimum absolute atomic E-state index is 0.0353. The number of carboxylic acids is 1. The number of halogens is 1. The second-order valence-corrected chi connectivity index (χ2v) is 3.07. The maximum atomic E-state index is 10.7. The Bertz CT molecular complexity index is 287. The highest BCUT2D eigenvalue weighted by Gasteiger charge is 2.19. The van der Waals surface area contributed by atoms with Crippen molar-refractivity contribution >= 4 is 21.9 Å². The van der Waals surface area contributed by atoms with Crippen LogP contribution >= 0.6 is 15.9 Å². The molecule has 0 radical (unpaired) electrons. The monoisotopic (exact) mass is 228 g/mol. The van der Waals surface area contributed by atoms with E-state index in [1.807, 2.05) is 13.0 Å². The van der Waals surface area contributed by atoms with Crippen LogP contribution in [-0.4, -0.2) is 11.1 Å². The van der Waals surface area contributed by atoms with Gasteiger partial charge in [0, 0.05) is 11.5 Å². The predicted octanol–water partition coefficient (Wildman–Crippen LogP) is 2.48. The molecule has 0 aromatic rings. The molecule has 2 nitrogen and oxygen atoms in total. The first-order chi connectivity index (χ1) is 5.66. The third-order valence-corrected chi connectivity index (χ3v) is 2.43. The maximum absolute atomic E-state index is 10.7. The van der Waals surface area contributed by atoms with Crippen LogP contribution in [0.25, 0.3) is 0 Å². The Hall–Kier alpha value is -0.830. The van der Waals surface area contributed by atoms with Gasteiger partial charge in [-0.2, -0.15) is 0 Å². The summed E-state index contributed by atoms with van der Waals surface area (Å²) in [6.45, 7) is 1.87. The molecule has 0 bridgehead atoms. The zero-order chi connectivity index (χ0) is 9.14. The number of allylic oxidation sites excluding steroid dienone is 4. The Kier molecular flexibility index (Phi) is 2.87. The molecular formula is C9H9BrO2. The van der Waals surface area contributed by atoms with E-state index in [9.17, 15) is 4.79 Å². The lowest BCUT2D eigenvalue weighted by Crippen LogP contribution is -2.12. The molecule has 1 aliphatic carbocycles. The molecule has 0 saturated heterocycles. The summed E-state index contributed by atoms with van der Waals surface area (Å²) >= 11 is 3.19. The van der Waals surface area contributed by atoms with Crippen LogP contribution in [0.3, 0.4) is 0 Å². The summed E-state index contributed by atoms with van der Waals surface area (Å²) in [5, 5.41) is 8.78. The van der Waals surface area contributed by atoms with Crippen LogP contribution < -0.4 is 0 Å². The normalized spacial score (nSPS) is 25.7. The van der Waals surface area contributed by atoms with Gasteiger partial charge in [0.1, 0.15) is 0 Å². The van der Waals surface area contributed by atoms with Gasteiger partial charge in [-0.3, -0.25) is 0 Å². The summed E-state index contributed by atoms with van der Waals surface area (Å²) in [5.41, 5.74) is 1.41. The van der Waals surface area contributed by atoms with E-state index >= 15 is 0 Å². The van der Waals surface area contributed by atoms with Crippen molar-refractivity contribution in [2.75, 3.05) is 0 Å². The van der Waals surface area contributed by atoms with Gasteiger partial charge in [0.15, 0.2) is 0 Å². The standard InChI is InChI=1S/C9H9BrO2/c1-6-7(5-10)3-2-4-8(6)9(11)12/h2-6H,1H3,(H,11,12). The van der Waals surface area contributed by atoms with Gasteiger partial charge in [-0.15, -0.1) is 0 Å². The van der Waals surface area contributed by atoms with Crippen LogP contribution in [0.15, 0.2) is 34.4 Å². The Labute approximate surface area is 79.4 Å². The average Bonchev–Trinajstić information content (AvgIpc) is 2.04. The molecule has 1 aliphatic rings. The first-order valence-electron chi connectivity index (χ1n) is 3.58. The lowest BCUT2D eigenvalue weighted by atomic mass is 9.90. The van der Waals surface area contributed by atoms with Crippen molar-refractivity contribution in [3.8, 4) is 0 Å². The fourth-order valence-corrected chi connectivity index (χ4v) is 1.67. The third kappa shape index (κ3) is 1.67. The van der Waals surface area contributed by atoms with Crippen LogP contribution in [-0.2, 0) is 4.79 Å². The van der Waals surface area contributed by atoms with Crippen molar-refractivity contribution in [1.29, 1.82) is 0 Å². The van der Waals surface area contributed by atoms with Crippen LogP contribution in [0.4, 0.5) is 0 Å². The number of hydrogen-bond donors (Lipinski definition) is 1. The van der Waals surface area contributed by atoms with Crippen molar-refractivity contribution in [2.45, 2.75) is 6.92 Å². The van der Waals surface area contributed by atoms with E-state index < -0.39 is 5.97 Å². The van der Waals surface area contributed by atoms with Crippen LogP contribution in [0.2, 0.25) is 0 Å². The number of carboxylic acid groups (broad SMARTS) is 1. The van der Waals surface area contributed by atoms with E-state index in [2.05, 4.69) is 15.9 Å². The van der Waals surface area contributed by atoms with Gasteiger partial charge < -0.3 is 5.11 Å². The number of hydrogen-bond acceptors (Lipinski definition) is 1. The molecule has 0 aliphatic heterocycles. The molecule has 64 valence electrons. The van der Waals surface area contributed by atoms with Crippen LogP contribution in [0.1, 0.15) is 6.92 Å². The van der Waals surface area contributed by atoms with Crippen molar-refractivity contribution in [3.05, 3.63) is 34.4 Å². The van der Waals surface area contributed by atoms with Crippen molar-refractivity contribution < 1.29 is 9.90 Å². The summed E-state index contributed by atoms with van der Waals surface area (Å²) in [7, 11) is 0. The largest absolute Gasteiger partial charge is 0.478 e. The quantitative estimate of drug-likeness (QED) is 0.749. The fourth-order valence-electron chi connectivity index (χ4n) is 1.12. The topological polar surface area (TPSA) is 37.3 Å². The number of aliphatic carboxylic acids is 1. The van der Waals surface area contributed by atoms with E-state index in [1.165, 1.54) is 0 Å². The molecule has 0 amide bonds. The van der Waals surface area contributed by atoms with Crippen molar-refractivity contribution in [3.63, 3.8) is 0 Å². The molecule has 1 N–H and O–H groups in total. The molecule has 0 aromatic heterocycles. The SMILES string of the molecule is CC1C(=CBr)C=CC=C1C(=O)O. The number of rotatable bonds is 1. The van der Waals surface area contributed by atoms with Gasteiger partial charge in [0.25, 0.3) is 0 Å². The van der Waals surface area contributed by atoms with E-state index in [0.717, 1.165) is 5.57 Å². The van der Waals surface area contributed by atoms with Crippen LogP contribution in [0, 0.1) is 5.92 Å². The van der Waals surface area contributed by atoms with Gasteiger partial charge >= 0.3 is 5.97 Å². The van der Waals surface area contributed by atoms with Gasteiger partial charge in [0.05, 0.1) is 0 Å². The second-order valence-electron chi connectivity index (χ2n) is 2.62. The molecule has 0 saturated carbocycles. The Morgan fingerprint density at radius 1 is 1.75 bits per heavy atom. The molecule has 0 spiro atoms. The summed E-state index contributed by atoms with van der Waals surface area (Å²) in [6, 6.07) is 0. The summed E-state index contributed by atoms with van der Waals surface area (Å²) in [4.78, 5) is 12.4. The predicted molar refractivity (Wildman–Crippen MR) is 51.0 cm³/mol. The highest BCUT2D eigenvalue weighted by Crippen LogP contribution is 2.26. The molecule has 0 fully saturated rings. The van der Waals surface area contributed by atoms with Gasteiger partial charge in [-0.1, -0.05) is 41.1 Å². The Morgan fingerprint density at radius 3 is 2.92 bits per heavy atom. The highest BCUT2D eigenvalue weighted by molar-refractivity contribution is 9.11. The van der Waals surface area contributed by atoms with Crippen LogP contribution in [0.5, 0.6) is 0 Å². The first-order valence-corrected chi connectivity index (χ1v) is 4.50. The molecule has 12 heavy (non-hydrogen) atoms. The van der Waals surface area contributed by atoms with Gasteiger partial charge in [-0.25, -0.2) is 4.79 Å². The molecule has 1 unspecified atom stereocenters. The smallest absolute Gasteiger partial charge is 0.332 e. The molecule has 3 heteroatoms. The maximum Gasteiger partial charge on any atom is 0.332 e. The molecular weight excluding hydrogens is 220 g/mol. The van der Waals surface area contributed by atoms with Gasteiger partial charge in [0.2, 0.25) is 0 Å². The lowest BCUT2D eigenvalue weighted by molar-refractivity contribution is -0.133. The second kappa shape index (κ2) is 3.72. The highest BCUT2D eigenvalue weighted by atomic mass is 79.9. The Balaban J connectivity index is 2.98. The zero-order valence-corrected chi connectivity index (χ0v) is 8.21. The minimum atomic E-state index is -0.848. The molecule has 0 heterocycles. The van der Waals surface area contributed by atoms with E-state index in [0.29, 0.717) is 5.57 Å². The fraction of sp³-hybridized carbons (Fsp3) is 0.222. The van der Waals surface area contributed by atoms with E-state index in [1.54, 1.807) is 17.1 Å². The first kappa shape index (κ1) is 9.26. The summed E-state index contributed by atoms with van der Waals surface area (Å²) in [5.74, 6) is -0.884. The van der Waals surface area contributed by atoms with Crippen molar-refractivity contribution in [1.82, 2.24) is 0 Å². The average molecular weight is 229 g/mol. The summed E-state index contributed by atoms with van der Waals surface area (Å²) < 4.78 is 0. The van der Waals surface area contributed by atoms with Crippen molar-refractivity contribution in [2.24, 2.45) is 5.92 Å². The Morgan fingerprint density at radius 2 is 2.42 bits per heavy atom. The van der Waals surface area contributed by atoms with E-state index in [-0.39, 0.29) is 5.92 Å². The third-order valence-electron chi connectivity index (χ3n) is 1.90. The molecule has 0 aromatic carbocycles. The molecule has 1 atom stereocenters. The molecule has 1 rings (SSSR count).